The van der Waals surface area contributed by atoms with Crippen LogP contribution >= 0.6 is 0 Å². The van der Waals surface area contributed by atoms with Gasteiger partial charge in [-0.1, -0.05) is 36.4 Å². The van der Waals surface area contributed by atoms with E-state index in [0.29, 0.717) is 17.8 Å². The first-order valence-corrected chi connectivity index (χ1v) is 12.3. The standard InChI is InChI=1S/C26H26N4O3S/c1-18-6-4-5-7-24(18)29-34(32,33)25-16-22(11-8-19(25)2)26(31)28-17-21-9-12-23(13-10-21)30-15-14-27-20(30)3/h4-16,29H,17H2,1-3H3,(H,28,31). The van der Waals surface area contributed by atoms with Crippen molar-refractivity contribution in [2.75, 3.05) is 4.72 Å². The van der Waals surface area contributed by atoms with Crippen LogP contribution in [0.3, 0.4) is 0 Å². The minimum atomic E-state index is -3.86. The summed E-state index contributed by atoms with van der Waals surface area (Å²) < 4.78 is 30.7. The molecule has 0 radical (unpaired) electrons. The number of para-hydroxylation sites is 1. The Kier molecular flexibility index (Phi) is 6.51. The molecular formula is C26H26N4O3S. The van der Waals surface area contributed by atoms with Crippen LogP contribution < -0.4 is 10.0 Å². The van der Waals surface area contributed by atoms with Gasteiger partial charge in [-0.05, 0) is 67.8 Å². The number of nitrogens with zero attached hydrogens (tertiary/aromatic N) is 2. The lowest BCUT2D eigenvalue weighted by molar-refractivity contribution is 0.0950. The van der Waals surface area contributed by atoms with Gasteiger partial charge in [-0.15, -0.1) is 0 Å². The molecule has 2 N–H and O–H groups in total. The number of hydrogen-bond donors (Lipinski definition) is 2. The van der Waals surface area contributed by atoms with E-state index in [0.717, 1.165) is 22.6 Å². The molecule has 4 aromatic rings. The Morgan fingerprint density at radius 1 is 0.941 bits per heavy atom. The Hall–Kier alpha value is -3.91. The zero-order valence-electron chi connectivity index (χ0n) is 19.2. The summed E-state index contributed by atoms with van der Waals surface area (Å²) in [4.78, 5) is 17.1. The zero-order valence-corrected chi connectivity index (χ0v) is 20.1. The first-order valence-electron chi connectivity index (χ1n) is 10.8. The Bertz CT molecular complexity index is 1440. The molecule has 0 fully saturated rings. The predicted octanol–water partition coefficient (Wildman–Crippen LogP) is 4.53. The van der Waals surface area contributed by atoms with E-state index >= 15 is 0 Å². The Morgan fingerprint density at radius 2 is 1.68 bits per heavy atom. The summed E-state index contributed by atoms with van der Waals surface area (Å²) in [6.07, 6.45) is 3.64. The summed E-state index contributed by atoms with van der Waals surface area (Å²) in [6, 6.07) is 19.6. The van der Waals surface area contributed by atoms with Crippen LogP contribution in [-0.4, -0.2) is 23.9 Å². The fraction of sp³-hybridized carbons (Fsp3) is 0.154. The van der Waals surface area contributed by atoms with Crippen LogP contribution in [0.1, 0.15) is 32.9 Å². The molecular weight excluding hydrogens is 448 g/mol. The van der Waals surface area contributed by atoms with Crippen molar-refractivity contribution >= 4 is 21.6 Å². The monoisotopic (exact) mass is 474 g/mol. The number of carbonyl (C=O) groups excluding carboxylic acids is 1. The van der Waals surface area contributed by atoms with E-state index in [1.54, 1.807) is 37.4 Å². The number of nitrogens with one attached hydrogen (secondary N) is 2. The van der Waals surface area contributed by atoms with Crippen LogP contribution in [0.15, 0.2) is 84.0 Å². The van der Waals surface area contributed by atoms with Crippen molar-refractivity contribution in [1.82, 2.24) is 14.9 Å². The molecule has 1 amide bonds. The molecule has 0 atom stereocenters. The highest BCUT2D eigenvalue weighted by atomic mass is 32.2. The number of benzene rings is 3. The molecule has 0 aliphatic heterocycles. The van der Waals surface area contributed by atoms with Gasteiger partial charge in [0.05, 0.1) is 10.6 Å². The Labute approximate surface area is 199 Å². The minimum Gasteiger partial charge on any atom is -0.348 e. The number of aryl methyl sites for hydroxylation is 3. The predicted molar refractivity (Wildman–Crippen MR) is 133 cm³/mol. The summed E-state index contributed by atoms with van der Waals surface area (Å²) in [5.74, 6) is 0.546. The molecule has 0 saturated carbocycles. The van der Waals surface area contributed by atoms with Crippen molar-refractivity contribution in [3.8, 4) is 5.69 Å². The Balaban J connectivity index is 1.47. The van der Waals surface area contributed by atoms with Crippen LogP contribution in [0.4, 0.5) is 5.69 Å². The second kappa shape index (κ2) is 9.52. The average Bonchev–Trinajstić information content (AvgIpc) is 3.25. The number of aromatic nitrogens is 2. The van der Waals surface area contributed by atoms with Crippen LogP contribution in [0.2, 0.25) is 0 Å². The maximum absolute atomic E-state index is 13.0. The minimum absolute atomic E-state index is 0.0726. The molecule has 1 aromatic heterocycles. The smallest absolute Gasteiger partial charge is 0.262 e. The molecule has 0 saturated heterocycles. The quantitative estimate of drug-likeness (QED) is 0.412. The fourth-order valence-corrected chi connectivity index (χ4v) is 5.03. The molecule has 0 aliphatic rings. The highest BCUT2D eigenvalue weighted by Crippen LogP contribution is 2.23. The third-order valence-electron chi connectivity index (χ3n) is 5.62. The highest BCUT2D eigenvalue weighted by molar-refractivity contribution is 7.92. The number of amides is 1. The van der Waals surface area contributed by atoms with Crippen molar-refractivity contribution in [3.63, 3.8) is 0 Å². The van der Waals surface area contributed by atoms with Gasteiger partial charge in [0, 0.05) is 30.2 Å². The lowest BCUT2D eigenvalue weighted by atomic mass is 10.1. The molecule has 8 heteroatoms. The van der Waals surface area contributed by atoms with Gasteiger partial charge in [-0.3, -0.25) is 9.52 Å². The lowest BCUT2D eigenvalue weighted by Crippen LogP contribution is -2.23. The number of hydrogen-bond acceptors (Lipinski definition) is 4. The van der Waals surface area contributed by atoms with Gasteiger partial charge in [0.1, 0.15) is 5.82 Å². The van der Waals surface area contributed by atoms with Gasteiger partial charge in [-0.2, -0.15) is 0 Å². The molecule has 174 valence electrons. The zero-order chi connectivity index (χ0) is 24.3. The average molecular weight is 475 g/mol. The number of rotatable bonds is 7. The van der Waals surface area contributed by atoms with Gasteiger partial charge in [-0.25, -0.2) is 13.4 Å². The van der Waals surface area contributed by atoms with Crippen LogP contribution in [0, 0.1) is 20.8 Å². The van der Waals surface area contributed by atoms with Gasteiger partial charge >= 0.3 is 0 Å². The van der Waals surface area contributed by atoms with Crippen molar-refractivity contribution in [2.24, 2.45) is 0 Å². The van der Waals surface area contributed by atoms with E-state index in [2.05, 4.69) is 15.0 Å². The van der Waals surface area contributed by atoms with E-state index in [9.17, 15) is 13.2 Å². The number of carbonyl (C=O) groups is 1. The molecule has 4 rings (SSSR count). The largest absolute Gasteiger partial charge is 0.348 e. The summed E-state index contributed by atoms with van der Waals surface area (Å²) in [6.45, 7) is 5.79. The molecule has 3 aromatic carbocycles. The van der Waals surface area contributed by atoms with Crippen molar-refractivity contribution in [1.29, 1.82) is 0 Å². The number of imidazole rings is 1. The van der Waals surface area contributed by atoms with Gasteiger partial charge in [0.2, 0.25) is 0 Å². The van der Waals surface area contributed by atoms with Crippen LogP contribution in [0.25, 0.3) is 5.69 Å². The van der Waals surface area contributed by atoms with E-state index in [-0.39, 0.29) is 16.4 Å². The molecule has 34 heavy (non-hydrogen) atoms. The topological polar surface area (TPSA) is 93.1 Å². The number of anilines is 1. The van der Waals surface area contributed by atoms with E-state index in [1.165, 1.54) is 6.07 Å². The molecule has 1 heterocycles. The summed E-state index contributed by atoms with van der Waals surface area (Å²) in [5, 5.41) is 2.86. The lowest BCUT2D eigenvalue weighted by Gasteiger charge is -2.14. The van der Waals surface area contributed by atoms with E-state index in [1.807, 2.05) is 61.0 Å². The molecule has 0 spiro atoms. The third kappa shape index (κ3) is 5.02. The highest BCUT2D eigenvalue weighted by Gasteiger charge is 2.20. The van der Waals surface area contributed by atoms with Gasteiger partial charge < -0.3 is 9.88 Å². The van der Waals surface area contributed by atoms with Crippen molar-refractivity contribution in [3.05, 3.63) is 107 Å². The third-order valence-corrected chi connectivity index (χ3v) is 7.13. The second-order valence-corrected chi connectivity index (χ2v) is 9.75. The first-order chi connectivity index (χ1) is 16.2. The Morgan fingerprint density at radius 3 is 2.35 bits per heavy atom. The maximum Gasteiger partial charge on any atom is 0.262 e. The molecule has 7 nitrogen and oxygen atoms in total. The van der Waals surface area contributed by atoms with E-state index in [4.69, 9.17) is 0 Å². The molecule has 0 bridgehead atoms. The fourth-order valence-electron chi connectivity index (χ4n) is 3.63. The molecule has 0 aliphatic carbocycles. The van der Waals surface area contributed by atoms with Gasteiger partial charge in [0.15, 0.2) is 0 Å². The van der Waals surface area contributed by atoms with Crippen molar-refractivity contribution in [2.45, 2.75) is 32.2 Å². The van der Waals surface area contributed by atoms with Crippen LogP contribution in [0.5, 0.6) is 0 Å². The SMILES string of the molecule is Cc1ccccc1NS(=O)(=O)c1cc(C(=O)NCc2ccc(-n3ccnc3C)cc2)ccc1C. The normalized spacial score (nSPS) is 11.3. The molecule has 0 unspecified atom stereocenters. The van der Waals surface area contributed by atoms with Crippen molar-refractivity contribution < 1.29 is 13.2 Å². The maximum atomic E-state index is 13.0. The van der Waals surface area contributed by atoms with Crippen LogP contribution in [-0.2, 0) is 16.6 Å². The summed E-state index contributed by atoms with van der Waals surface area (Å²) in [5.41, 5.74) is 4.07. The second-order valence-electron chi connectivity index (χ2n) is 8.09. The summed E-state index contributed by atoms with van der Waals surface area (Å²) in [7, 11) is -3.86. The summed E-state index contributed by atoms with van der Waals surface area (Å²) >= 11 is 0. The van der Waals surface area contributed by atoms with Gasteiger partial charge in [0.25, 0.3) is 15.9 Å². The first kappa shape index (κ1) is 23.3. The number of sulfonamides is 1. The van der Waals surface area contributed by atoms with E-state index < -0.39 is 10.0 Å².